The zero-order valence-corrected chi connectivity index (χ0v) is 6.26. The first-order valence-electron chi connectivity index (χ1n) is 3.50. The zero-order chi connectivity index (χ0) is 6.69. The van der Waals surface area contributed by atoms with E-state index in [1.165, 1.54) is 19.5 Å². The van der Waals surface area contributed by atoms with Crippen LogP contribution in [0.25, 0.3) is 0 Å². The van der Waals surface area contributed by atoms with E-state index >= 15 is 0 Å². The fourth-order valence-corrected chi connectivity index (χ4v) is 1.40. The van der Waals surface area contributed by atoms with Crippen LogP contribution in [0.2, 0.25) is 0 Å². The highest BCUT2D eigenvalue weighted by atomic mass is 16.5. The largest absolute Gasteiger partial charge is 0.384 e. The third kappa shape index (κ3) is 2.67. The van der Waals surface area contributed by atoms with E-state index in [4.69, 9.17) is 4.74 Å². The highest BCUT2D eigenvalue weighted by molar-refractivity contribution is 4.71. The summed E-state index contributed by atoms with van der Waals surface area (Å²) in [5.74, 6) is 0.792. The average molecular weight is 145 g/mol. The van der Waals surface area contributed by atoms with E-state index in [0.717, 1.165) is 12.5 Å². The van der Waals surface area contributed by atoms with Gasteiger partial charge >= 0.3 is 0 Å². The molecule has 0 N–H and O–H groups in total. The van der Waals surface area contributed by atoms with E-state index < -0.39 is 0 Å². The number of likely N-dealkylation sites (tertiary alicyclic amines) is 1. The van der Waals surface area contributed by atoms with Crippen molar-refractivity contribution >= 4 is 0 Å². The zero-order valence-electron chi connectivity index (χ0n) is 6.26. The van der Waals surface area contributed by atoms with E-state index in [1.54, 1.807) is 7.11 Å². The van der Waals surface area contributed by atoms with Crippen LogP contribution in [0.5, 0.6) is 0 Å². The van der Waals surface area contributed by atoms with Crippen LogP contribution in [-0.2, 0) is 4.74 Å². The van der Waals surface area contributed by atoms with Gasteiger partial charge in [0, 0.05) is 13.7 Å². The van der Waals surface area contributed by atoms with E-state index in [2.05, 4.69) is 11.9 Å². The van der Waals surface area contributed by atoms with Gasteiger partial charge in [-0.05, 0) is 25.9 Å². The van der Waals surface area contributed by atoms with Gasteiger partial charge in [-0.1, -0.05) is 7.43 Å². The van der Waals surface area contributed by atoms with E-state index in [0.29, 0.717) is 0 Å². The second-order valence-corrected chi connectivity index (χ2v) is 2.87. The lowest BCUT2D eigenvalue weighted by atomic mass is 10.1. The van der Waals surface area contributed by atoms with Gasteiger partial charge in [-0.25, -0.2) is 0 Å². The summed E-state index contributed by atoms with van der Waals surface area (Å²) in [7, 11) is 3.94. The summed E-state index contributed by atoms with van der Waals surface area (Å²) in [5.41, 5.74) is 0. The molecule has 0 aromatic heterocycles. The van der Waals surface area contributed by atoms with Crippen molar-refractivity contribution in [1.82, 2.24) is 4.90 Å². The topological polar surface area (TPSA) is 12.5 Å². The Labute approximate surface area is 64.2 Å². The van der Waals surface area contributed by atoms with Crippen molar-refractivity contribution in [3.8, 4) is 0 Å². The van der Waals surface area contributed by atoms with Crippen molar-refractivity contribution < 1.29 is 4.74 Å². The van der Waals surface area contributed by atoms with Gasteiger partial charge in [0.2, 0.25) is 0 Å². The normalized spacial score (nSPS) is 26.4. The van der Waals surface area contributed by atoms with Crippen LogP contribution in [0, 0.1) is 5.92 Å². The minimum absolute atomic E-state index is 0. The van der Waals surface area contributed by atoms with Gasteiger partial charge in [0.25, 0.3) is 0 Å². The summed E-state index contributed by atoms with van der Waals surface area (Å²) < 4.78 is 5.05. The van der Waals surface area contributed by atoms with Crippen molar-refractivity contribution in [1.29, 1.82) is 0 Å². The second-order valence-electron chi connectivity index (χ2n) is 2.87. The van der Waals surface area contributed by atoms with Gasteiger partial charge in [0.15, 0.2) is 0 Å². The molecule has 2 nitrogen and oxygen atoms in total. The highest BCUT2D eigenvalue weighted by Gasteiger charge is 2.18. The Morgan fingerprint density at radius 2 is 2.30 bits per heavy atom. The molecule has 1 unspecified atom stereocenters. The fraction of sp³-hybridized carbons (Fsp3) is 1.00. The maximum Gasteiger partial charge on any atom is 0.0503 e. The molecule has 62 valence electrons. The van der Waals surface area contributed by atoms with Crippen LogP contribution < -0.4 is 0 Å². The predicted molar refractivity (Wildman–Crippen MR) is 44.2 cm³/mol. The number of hydrogen-bond donors (Lipinski definition) is 0. The molecule has 0 amide bonds. The summed E-state index contributed by atoms with van der Waals surface area (Å²) in [6.07, 6.45) is 1.31. The Bertz CT molecular complexity index is 83.3. The first kappa shape index (κ1) is 9.92. The van der Waals surface area contributed by atoms with E-state index in [1.807, 2.05) is 0 Å². The maximum absolute atomic E-state index is 5.05. The van der Waals surface area contributed by atoms with Crippen molar-refractivity contribution in [3.05, 3.63) is 0 Å². The van der Waals surface area contributed by atoms with Gasteiger partial charge < -0.3 is 9.64 Å². The monoisotopic (exact) mass is 145 g/mol. The first-order chi connectivity index (χ1) is 4.33. The molecular formula is C8H19NO. The lowest BCUT2D eigenvalue weighted by Gasteiger charge is -2.07. The Morgan fingerprint density at radius 1 is 1.60 bits per heavy atom. The third-order valence-electron chi connectivity index (χ3n) is 1.89. The van der Waals surface area contributed by atoms with Crippen molar-refractivity contribution in [2.75, 3.05) is 33.9 Å². The molecule has 0 bridgehead atoms. The molecule has 1 aliphatic heterocycles. The molecule has 1 fully saturated rings. The Morgan fingerprint density at radius 3 is 2.70 bits per heavy atom. The lowest BCUT2D eigenvalue weighted by Crippen LogP contribution is -2.16. The lowest BCUT2D eigenvalue weighted by molar-refractivity contribution is 0.155. The van der Waals surface area contributed by atoms with E-state index in [9.17, 15) is 0 Å². The first-order valence-corrected chi connectivity index (χ1v) is 3.50. The van der Waals surface area contributed by atoms with Crippen LogP contribution in [0.15, 0.2) is 0 Å². The standard InChI is InChI=1S/C7H15NO.CH4/c1-8-4-3-7(5-8)6-9-2;/h7H,3-6H2,1-2H3;1H4. The van der Waals surface area contributed by atoms with Crippen LogP contribution in [0.3, 0.4) is 0 Å². The second kappa shape index (κ2) is 4.69. The predicted octanol–water partition coefficient (Wildman–Crippen LogP) is 1.22. The van der Waals surface area contributed by atoms with Crippen molar-refractivity contribution in [3.63, 3.8) is 0 Å². The van der Waals surface area contributed by atoms with Gasteiger partial charge in [-0.2, -0.15) is 0 Å². The molecule has 1 heterocycles. The van der Waals surface area contributed by atoms with Crippen LogP contribution >= 0.6 is 0 Å². The number of nitrogens with zero attached hydrogens (tertiary/aromatic N) is 1. The molecule has 1 aliphatic rings. The molecule has 0 radical (unpaired) electrons. The average Bonchev–Trinajstić information content (AvgIpc) is 2.17. The highest BCUT2D eigenvalue weighted by Crippen LogP contribution is 2.13. The smallest absolute Gasteiger partial charge is 0.0503 e. The molecule has 0 aliphatic carbocycles. The number of methoxy groups -OCH3 is 1. The van der Waals surface area contributed by atoms with E-state index in [-0.39, 0.29) is 7.43 Å². The summed E-state index contributed by atoms with van der Waals surface area (Å²) in [6.45, 7) is 3.40. The molecule has 0 saturated carbocycles. The van der Waals surface area contributed by atoms with Crippen molar-refractivity contribution in [2.45, 2.75) is 13.8 Å². The van der Waals surface area contributed by atoms with Crippen LogP contribution in [-0.4, -0.2) is 38.8 Å². The molecular weight excluding hydrogens is 126 g/mol. The Kier molecular flexibility index (Phi) is 4.65. The van der Waals surface area contributed by atoms with Gasteiger partial charge in [-0.15, -0.1) is 0 Å². The third-order valence-corrected chi connectivity index (χ3v) is 1.89. The minimum Gasteiger partial charge on any atom is -0.384 e. The summed E-state index contributed by atoms with van der Waals surface area (Å²) in [5, 5.41) is 0. The number of ether oxygens (including phenoxy) is 1. The summed E-state index contributed by atoms with van der Waals surface area (Å²) >= 11 is 0. The molecule has 0 aromatic carbocycles. The summed E-state index contributed by atoms with van der Waals surface area (Å²) in [6, 6.07) is 0. The number of hydrogen-bond acceptors (Lipinski definition) is 2. The molecule has 1 rings (SSSR count). The minimum atomic E-state index is 0. The summed E-state index contributed by atoms with van der Waals surface area (Å²) in [4.78, 5) is 2.35. The quantitative estimate of drug-likeness (QED) is 0.579. The van der Waals surface area contributed by atoms with Crippen LogP contribution in [0.1, 0.15) is 13.8 Å². The Hall–Kier alpha value is -0.0800. The molecule has 0 spiro atoms. The number of rotatable bonds is 2. The molecule has 2 heteroatoms. The maximum atomic E-state index is 5.05. The van der Waals surface area contributed by atoms with Gasteiger partial charge in [-0.3, -0.25) is 0 Å². The molecule has 1 atom stereocenters. The van der Waals surface area contributed by atoms with Crippen molar-refractivity contribution in [2.24, 2.45) is 5.92 Å². The molecule has 1 saturated heterocycles. The Balaban J connectivity index is 0.000000810. The molecule has 10 heavy (non-hydrogen) atoms. The van der Waals surface area contributed by atoms with Crippen LogP contribution in [0.4, 0.5) is 0 Å². The fourth-order valence-electron chi connectivity index (χ4n) is 1.40. The van der Waals surface area contributed by atoms with Gasteiger partial charge in [0.1, 0.15) is 0 Å². The SMILES string of the molecule is C.COCC1CCN(C)C1. The molecule has 0 aromatic rings. The van der Waals surface area contributed by atoms with Gasteiger partial charge in [0.05, 0.1) is 6.61 Å².